The molecule has 3 aromatic rings. The minimum atomic E-state index is -2.82. The van der Waals surface area contributed by atoms with E-state index in [4.69, 9.17) is 4.42 Å². The van der Waals surface area contributed by atoms with Gasteiger partial charge in [-0.25, -0.2) is 4.98 Å². The molecular weight excluding hydrogens is 356 g/mol. The Hall–Kier alpha value is -2.00. The minimum absolute atomic E-state index is 0.136. The molecule has 0 atom stereocenters. The maximum absolute atomic E-state index is 12.1. The van der Waals surface area contributed by atoms with Gasteiger partial charge in [0, 0.05) is 11.1 Å². The highest BCUT2D eigenvalue weighted by Gasteiger charge is 2.10. The van der Waals surface area contributed by atoms with Gasteiger partial charge >= 0.3 is 6.61 Å². The average Bonchev–Trinajstić information content (AvgIpc) is 3.15. The molecule has 0 unspecified atom stereocenters. The summed E-state index contributed by atoms with van der Waals surface area (Å²) in [4.78, 5) is 4.36. The van der Waals surface area contributed by atoms with E-state index in [1.165, 1.54) is 23.9 Å². The van der Waals surface area contributed by atoms with Gasteiger partial charge in [-0.05, 0) is 24.6 Å². The van der Waals surface area contributed by atoms with Crippen molar-refractivity contribution in [1.29, 1.82) is 0 Å². The lowest BCUT2D eigenvalue weighted by molar-refractivity contribution is -0.0498. The molecule has 0 saturated carbocycles. The highest BCUT2D eigenvalue weighted by Crippen LogP contribution is 2.24. The Balaban J connectivity index is 1.53. The number of thioether (sulfide) groups is 1. The van der Waals surface area contributed by atoms with Crippen molar-refractivity contribution in [1.82, 2.24) is 15.2 Å². The Morgan fingerprint density at radius 2 is 2.04 bits per heavy atom. The molecule has 3 rings (SSSR count). The minimum Gasteiger partial charge on any atom is -0.435 e. The normalized spacial score (nSPS) is 11.2. The number of ether oxygens (including phenoxy) is 1. The van der Waals surface area contributed by atoms with E-state index in [-0.39, 0.29) is 5.75 Å². The van der Waals surface area contributed by atoms with Crippen LogP contribution in [0, 0.1) is 6.92 Å². The van der Waals surface area contributed by atoms with Crippen molar-refractivity contribution >= 4 is 23.1 Å². The molecule has 0 N–H and O–H groups in total. The molecule has 2 heterocycles. The van der Waals surface area contributed by atoms with E-state index < -0.39 is 6.61 Å². The number of rotatable bonds is 7. The highest BCUT2D eigenvalue weighted by molar-refractivity contribution is 7.98. The fourth-order valence-electron chi connectivity index (χ4n) is 1.92. The van der Waals surface area contributed by atoms with Crippen molar-refractivity contribution in [2.45, 2.75) is 30.9 Å². The number of nitrogens with zero attached hydrogens (tertiary/aromatic N) is 3. The molecule has 0 amide bonds. The zero-order valence-electron chi connectivity index (χ0n) is 12.6. The maximum atomic E-state index is 12.1. The number of thiazole rings is 1. The largest absolute Gasteiger partial charge is 0.435 e. The molecular formula is C15H13F2N3O2S2. The predicted molar refractivity (Wildman–Crippen MR) is 86.6 cm³/mol. The van der Waals surface area contributed by atoms with E-state index in [1.54, 1.807) is 23.5 Å². The van der Waals surface area contributed by atoms with Gasteiger partial charge < -0.3 is 9.15 Å². The van der Waals surface area contributed by atoms with Crippen molar-refractivity contribution in [2.24, 2.45) is 0 Å². The monoisotopic (exact) mass is 369 g/mol. The fraction of sp³-hybridized carbons (Fsp3) is 0.267. The van der Waals surface area contributed by atoms with Gasteiger partial charge in [0.2, 0.25) is 5.89 Å². The summed E-state index contributed by atoms with van der Waals surface area (Å²) < 4.78 is 34.1. The topological polar surface area (TPSA) is 61.0 Å². The van der Waals surface area contributed by atoms with Gasteiger partial charge in [0.15, 0.2) is 0 Å². The molecule has 2 aromatic heterocycles. The first-order chi connectivity index (χ1) is 11.6. The van der Waals surface area contributed by atoms with E-state index in [9.17, 15) is 8.78 Å². The van der Waals surface area contributed by atoms with Crippen LogP contribution in [0.2, 0.25) is 0 Å². The van der Waals surface area contributed by atoms with Gasteiger partial charge in [0.1, 0.15) is 5.75 Å². The number of halogens is 2. The van der Waals surface area contributed by atoms with Gasteiger partial charge in [-0.15, -0.1) is 21.5 Å². The van der Waals surface area contributed by atoms with Crippen LogP contribution in [0.15, 0.2) is 39.3 Å². The Kier molecular flexibility index (Phi) is 5.41. The van der Waals surface area contributed by atoms with Gasteiger partial charge in [0.05, 0.1) is 17.1 Å². The van der Waals surface area contributed by atoms with Crippen LogP contribution in [-0.2, 0) is 12.2 Å². The second-order valence-electron chi connectivity index (χ2n) is 4.81. The third-order valence-corrected chi connectivity index (χ3v) is 4.67. The Labute approximate surface area is 145 Å². The second kappa shape index (κ2) is 7.71. The number of hydrogen-bond donors (Lipinski definition) is 0. The molecule has 0 fully saturated rings. The lowest BCUT2D eigenvalue weighted by atomic mass is 10.2. The zero-order chi connectivity index (χ0) is 16.9. The van der Waals surface area contributed by atoms with Crippen molar-refractivity contribution in [3.8, 4) is 5.75 Å². The van der Waals surface area contributed by atoms with Crippen molar-refractivity contribution in [2.75, 3.05) is 0 Å². The van der Waals surface area contributed by atoms with Gasteiger partial charge in [-0.3, -0.25) is 0 Å². The molecule has 0 saturated heterocycles. The smallest absolute Gasteiger partial charge is 0.387 e. The third kappa shape index (κ3) is 4.75. The second-order valence-corrected chi connectivity index (χ2v) is 6.80. The van der Waals surface area contributed by atoms with Gasteiger partial charge in [-0.2, -0.15) is 8.78 Å². The molecule has 1 aromatic carbocycles. The summed E-state index contributed by atoms with van der Waals surface area (Å²) in [6.45, 7) is -0.871. The Morgan fingerprint density at radius 3 is 2.71 bits per heavy atom. The number of aromatic nitrogens is 3. The lowest BCUT2D eigenvalue weighted by Crippen LogP contribution is -2.01. The maximum Gasteiger partial charge on any atom is 0.387 e. The van der Waals surface area contributed by atoms with Crippen LogP contribution in [0.3, 0.4) is 0 Å². The summed E-state index contributed by atoms with van der Waals surface area (Å²) in [5.74, 6) is 1.24. The van der Waals surface area contributed by atoms with E-state index in [2.05, 4.69) is 19.9 Å². The fourth-order valence-corrected chi connectivity index (χ4v) is 3.27. The van der Waals surface area contributed by atoms with Gasteiger partial charge in [0.25, 0.3) is 5.22 Å². The SMILES string of the molecule is Cc1nc(Cc2nnc(SCc3ccc(OC(F)F)cc3)o2)cs1. The summed E-state index contributed by atoms with van der Waals surface area (Å²) in [6.07, 6.45) is 0.511. The molecule has 0 aliphatic heterocycles. The number of aryl methyl sites for hydroxylation is 1. The van der Waals surface area contributed by atoms with E-state index in [1.807, 2.05) is 12.3 Å². The summed E-state index contributed by atoms with van der Waals surface area (Å²) in [7, 11) is 0. The summed E-state index contributed by atoms with van der Waals surface area (Å²) in [6, 6.07) is 6.46. The Bertz CT molecular complexity index is 790. The first-order valence-electron chi connectivity index (χ1n) is 6.98. The van der Waals surface area contributed by atoms with Crippen LogP contribution in [0.1, 0.15) is 22.2 Å². The molecule has 0 spiro atoms. The van der Waals surface area contributed by atoms with Crippen LogP contribution in [0.25, 0.3) is 0 Å². The number of alkyl halides is 2. The number of hydrogen-bond acceptors (Lipinski definition) is 7. The molecule has 0 aliphatic carbocycles. The molecule has 0 aliphatic rings. The quantitative estimate of drug-likeness (QED) is 0.578. The van der Waals surface area contributed by atoms with Crippen molar-refractivity contribution in [3.05, 3.63) is 51.8 Å². The molecule has 5 nitrogen and oxygen atoms in total. The predicted octanol–water partition coefficient (Wildman–Crippen LogP) is 4.32. The van der Waals surface area contributed by atoms with Crippen molar-refractivity contribution < 1.29 is 17.9 Å². The molecule has 24 heavy (non-hydrogen) atoms. The summed E-state index contributed by atoms with van der Waals surface area (Å²) >= 11 is 2.96. The summed E-state index contributed by atoms with van der Waals surface area (Å²) in [5.41, 5.74) is 1.85. The molecule has 126 valence electrons. The van der Waals surface area contributed by atoms with Crippen LogP contribution in [0.5, 0.6) is 5.75 Å². The zero-order valence-corrected chi connectivity index (χ0v) is 14.2. The van der Waals surface area contributed by atoms with Crippen LogP contribution >= 0.6 is 23.1 Å². The summed E-state index contributed by atoms with van der Waals surface area (Å²) in [5, 5.41) is 11.4. The number of benzene rings is 1. The molecule has 0 bridgehead atoms. The first-order valence-corrected chi connectivity index (χ1v) is 8.85. The first kappa shape index (κ1) is 16.8. The Morgan fingerprint density at radius 1 is 1.25 bits per heavy atom. The van der Waals surface area contributed by atoms with Crippen molar-refractivity contribution in [3.63, 3.8) is 0 Å². The van der Waals surface area contributed by atoms with Gasteiger partial charge in [-0.1, -0.05) is 23.9 Å². The van der Waals surface area contributed by atoms with Crippen LogP contribution in [0.4, 0.5) is 8.78 Å². The standard InChI is InChI=1S/C15H13F2N3O2S2/c1-9-18-11(8-23-9)6-13-19-20-15(22-13)24-7-10-2-4-12(5-3-10)21-14(16)17/h2-5,8,14H,6-7H2,1H3. The van der Waals surface area contributed by atoms with E-state index >= 15 is 0 Å². The van der Waals surface area contributed by atoms with Crippen LogP contribution < -0.4 is 4.74 Å². The highest BCUT2D eigenvalue weighted by atomic mass is 32.2. The molecule has 0 radical (unpaired) electrons. The third-order valence-electron chi connectivity index (χ3n) is 2.96. The van der Waals surface area contributed by atoms with Crippen LogP contribution in [-0.4, -0.2) is 21.8 Å². The van der Waals surface area contributed by atoms with E-state index in [0.29, 0.717) is 23.3 Å². The average molecular weight is 369 g/mol. The molecule has 9 heteroatoms. The lowest BCUT2D eigenvalue weighted by Gasteiger charge is -2.04. The van der Waals surface area contributed by atoms with E-state index in [0.717, 1.165) is 16.3 Å².